The summed E-state index contributed by atoms with van der Waals surface area (Å²) >= 11 is 0. The summed E-state index contributed by atoms with van der Waals surface area (Å²) in [4.78, 5) is 39.0. The first kappa shape index (κ1) is 22.9. The number of azo groups is 1. The zero-order valence-corrected chi connectivity index (χ0v) is 19.1. The second kappa shape index (κ2) is 9.81. The number of rotatable bonds is 5. The van der Waals surface area contributed by atoms with Gasteiger partial charge in [0.05, 0.1) is 11.8 Å². The maximum absolute atomic E-state index is 14.7. The van der Waals surface area contributed by atoms with Crippen molar-refractivity contribution in [2.45, 2.75) is 44.2 Å². The second-order valence-corrected chi connectivity index (χ2v) is 8.99. The van der Waals surface area contributed by atoms with E-state index in [1.54, 1.807) is 29.2 Å². The van der Waals surface area contributed by atoms with Gasteiger partial charge >= 0.3 is 0 Å². The molecule has 1 unspecified atom stereocenters. The number of hydrogen-bond donors (Lipinski definition) is 2. The Kier molecular flexibility index (Phi) is 6.43. The van der Waals surface area contributed by atoms with Crippen molar-refractivity contribution in [3.63, 3.8) is 0 Å². The Balaban J connectivity index is 1.23. The summed E-state index contributed by atoms with van der Waals surface area (Å²) in [6.45, 7) is 1.58. The highest BCUT2D eigenvalue weighted by atomic mass is 19.1. The Labute approximate surface area is 201 Å². The number of nitrogens with zero attached hydrogens (tertiary/aromatic N) is 3. The van der Waals surface area contributed by atoms with Crippen molar-refractivity contribution < 1.29 is 23.2 Å². The van der Waals surface area contributed by atoms with Gasteiger partial charge in [0.15, 0.2) is 5.76 Å². The summed E-state index contributed by atoms with van der Waals surface area (Å²) in [6, 6.07) is 7.31. The third-order valence-corrected chi connectivity index (χ3v) is 6.68. The normalized spacial score (nSPS) is 20.4. The largest absolute Gasteiger partial charge is 0.459 e. The molecule has 1 aromatic heterocycles. The van der Waals surface area contributed by atoms with Crippen LogP contribution >= 0.6 is 0 Å². The molecule has 3 aliphatic rings. The summed E-state index contributed by atoms with van der Waals surface area (Å²) in [5, 5.41) is 14.1. The second-order valence-electron chi connectivity index (χ2n) is 8.99. The standard InChI is InChI=1S/C25H26FN5O4/c26-19-6-5-15(14-20-22-17(3-1-9-27-22)23(32)30-29-20)13-18(19)25(34)31-10-7-16(8-11-31)28-24(33)21-4-2-12-35-21/h2,4-6,12-13,16,20,27H,1,3,7-11,14H2,(H,28,33). The van der Waals surface area contributed by atoms with Crippen LogP contribution < -0.4 is 10.6 Å². The minimum atomic E-state index is -0.580. The first-order valence-electron chi connectivity index (χ1n) is 11.8. The molecule has 9 nitrogen and oxygen atoms in total. The number of likely N-dealkylation sites (tertiary alicyclic amines) is 1. The highest BCUT2D eigenvalue weighted by molar-refractivity contribution is 5.96. The zero-order chi connectivity index (χ0) is 24.4. The fourth-order valence-electron chi connectivity index (χ4n) is 4.80. The average Bonchev–Trinajstić information content (AvgIpc) is 3.42. The fourth-order valence-corrected chi connectivity index (χ4v) is 4.80. The lowest BCUT2D eigenvalue weighted by Crippen LogP contribution is -2.46. The molecule has 3 aliphatic heterocycles. The minimum absolute atomic E-state index is 0.00945. The molecule has 182 valence electrons. The molecule has 0 aliphatic carbocycles. The van der Waals surface area contributed by atoms with E-state index < -0.39 is 5.82 Å². The maximum atomic E-state index is 14.7. The zero-order valence-electron chi connectivity index (χ0n) is 19.1. The molecule has 0 bridgehead atoms. The number of benzene rings is 1. The number of nitrogens with one attached hydrogen (secondary N) is 2. The van der Waals surface area contributed by atoms with E-state index >= 15 is 0 Å². The van der Waals surface area contributed by atoms with Crippen LogP contribution in [0.25, 0.3) is 0 Å². The summed E-state index contributed by atoms with van der Waals surface area (Å²) < 4.78 is 19.8. The van der Waals surface area contributed by atoms with Crippen LogP contribution in [0.15, 0.2) is 62.5 Å². The van der Waals surface area contributed by atoms with E-state index in [1.807, 2.05) is 0 Å². The van der Waals surface area contributed by atoms with Gasteiger partial charge in [0, 0.05) is 43.4 Å². The van der Waals surface area contributed by atoms with Crippen LogP contribution in [-0.2, 0) is 11.2 Å². The lowest BCUT2D eigenvalue weighted by Gasteiger charge is -2.32. The fraction of sp³-hybridized carbons (Fsp3) is 0.400. The monoisotopic (exact) mass is 479 g/mol. The molecule has 2 N–H and O–H groups in total. The Hall–Kier alpha value is -3.82. The van der Waals surface area contributed by atoms with E-state index in [-0.39, 0.29) is 41.1 Å². The van der Waals surface area contributed by atoms with Gasteiger partial charge in [0.2, 0.25) is 0 Å². The molecule has 1 aromatic carbocycles. The quantitative estimate of drug-likeness (QED) is 0.684. The van der Waals surface area contributed by atoms with Crippen molar-refractivity contribution in [3.05, 3.63) is 70.6 Å². The predicted octanol–water partition coefficient (Wildman–Crippen LogP) is 2.99. The third kappa shape index (κ3) is 4.87. The Morgan fingerprint density at radius 2 is 2.06 bits per heavy atom. The van der Waals surface area contributed by atoms with Crippen molar-refractivity contribution in [2.24, 2.45) is 10.2 Å². The van der Waals surface area contributed by atoms with Gasteiger partial charge in [-0.3, -0.25) is 14.4 Å². The molecule has 10 heteroatoms. The molecule has 1 atom stereocenters. The highest BCUT2D eigenvalue weighted by Gasteiger charge is 2.30. The molecule has 35 heavy (non-hydrogen) atoms. The maximum Gasteiger partial charge on any atom is 0.292 e. The van der Waals surface area contributed by atoms with Crippen molar-refractivity contribution in [3.8, 4) is 0 Å². The molecule has 2 aromatic rings. The first-order chi connectivity index (χ1) is 17.0. The van der Waals surface area contributed by atoms with Crippen LogP contribution in [0.2, 0.25) is 0 Å². The van der Waals surface area contributed by atoms with Crippen LogP contribution in [0.3, 0.4) is 0 Å². The van der Waals surface area contributed by atoms with Crippen LogP contribution in [0.1, 0.15) is 52.2 Å². The number of amides is 3. The van der Waals surface area contributed by atoms with Crippen LogP contribution in [0, 0.1) is 5.82 Å². The van der Waals surface area contributed by atoms with Crippen LogP contribution in [-0.4, -0.2) is 54.3 Å². The van der Waals surface area contributed by atoms with E-state index in [4.69, 9.17) is 4.42 Å². The smallest absolute Gasteiger partial charge is 0.292 e. The number of carbonyl (C=O) groups is 3. The van der Waals surface area contributed by atoms with Gasteiger partial charge in [-0.25, -0.2) is 4.39 Å². The topological polar surface area (TPSA) is 116 Å². The molecule has 0 saturated carbocycles. The van der Waals surface area contributed by atoms with E-state index in [0.717, 1.165) is 24.2 Å². The third-order valence-electron chi connectivity index (χ3n) is 6.68. The molecular formula is C25H26FN5O4. The van der Waals surface area contributed by atoms with E-state index in [1.165, 1.54) is 12.3 Å². The van der Waals surface area contributed by atoms with Gasteiger partial charge in [-0.15, -0.1) is 5.11 Å². The Bertz CT molecular complexity index is 1200. The van der Waals surface area contributed by atoms with Crippen LogP contribution in [0.4, 0.5) is 4.39 Å². The summed E-state index contributed by atoms with van der Waals surface area (Å²) in [5.41, 5.74) is 2.20. The first-order valence-corrected chi connectivity index (χ1v) is 11.8. The number of hydrogen-bond acceptors (Lipinski definition) is 6. The minimum Gasteiger partial charge on any atom is -0.459 e. The van der Waals surface area contributed by atoms with Gasteiger partial charge in [-0.05, 0) is 55.5 Å². The number of furan rings is 1. The molecule has 4 heterocycles. The SMILES string of the molecule is O=C1N=NC(Cc2ccc(F)c(C(=O)N3CCC(NC(=O)c4ccco4)CC3)c2)C2=C1CCCN2. The summed E-state index contributed by atoms with van der Waals surface area (Å²) in [5.74, 6) is -1.30. The van der Waals surface area contributed by atoms with E-state index in [2.05, 4.69) is 20.9 Å². The Morgan fingerprint density at radius 1 is 1.23 bits per heavy atom. The molecule has 1 saturated heterocycles. The van der Waals surface area contributed by atoms with Gasteiger partial charge < -0.3 is 20.0 Å². The highest BCUT2D eigenvalue weighted by Crippen LogP contribution is 2.27. The lowest BCUT2D eigenvalue weighted by atomic mass is 9.93. The molecule has 3 amide bonds. The van der Waals surface area contributed by atoms with Crippen molar-refractivity contribution in [1.29, 1.82) is 0 Å². The predicted molar refractivity (Wildman–Crippen MR) is 123 cm³/mol. The molecule has 1 fully saturated rings. The average molecular weight is 480 g/mol. The molecular weight excluding hydrogens is 453 g/mol. The van der Waals surface area contributed by atoms with Crippen LogP contribution in [0.5, 0.6) is 0 Å². The van der Waals surface area contributed by atoms with E-state index in [0.29, 0.717) is 44.3 Å². The molecule has 0 radical (unpaired) electrons. The van der Waals surface area contributed by atoms with Crippen molar-refractivity contribution >= 4 is 17.7 Å². The van der Waals surface area contributed by atoms with E-state index in [9.17, 15) is 18.8 Å². The van der Waals surface area contributed by atoms with Crippen molar-refractivity contribution in [2.75, 3.05) is 19.6 Å². The van der Waals surface area contributed by atoms with Gasteiger partial charge in [0.1, 0.15) is 11.9 Å². The van der Waals surface area contributed by atoms with Gasteiger partial charge in [-0.2, -0.15) is 5.11 Å². The number of halogens is 1. The Morgan fingerprint density at radius 3 is 2.83 bits per heavy atom. The van der Waals surface area contributed by atoms with Gasteiger partial charge in [0.25, 0.3) is 17.7 Å². The lowest BCUT2D eigenvalue weighted by molar-refractivity contribution is -0.115. The van der Waals surface area contributed by atoms with Crippen molar-refractivity contribution in [1.82, 2.24) is 15.5 Å². The number of piperidine rings is 1. The van der Waals surface area contributed by atoms with Gasteiger partial charge in [-0.1, -0.05) is 6.07 Å². The summed E-state index contributed by atoms with van der Waals surface area (Å²) in [6.07, 6.45) is 4.52. The molecule has 5 rings (SSSR count). The summed E-state index contributed by atoms with van der Waals surface area (Å²) in [7, 11) is 0. The number of carbonyl (C=O) groups excluding carboxylic acids is 3. The molecule has 0 spiro atoms.